The van der Waals surface area contributed by atoms with Crippen LogP contribution in [0.15, 0.2) is 0 Å². The molecular formula is C13H22N2O2S. The SMILES string of the molecule is COCc1nc(N2CCCCCCC2)sc1CO. The number of hydrogen-bond acceptors (Lipinski definition) is 5. The van der Waals surface area contributed by atoms with E-state index in [1.54, 1.807) is 18.4 Å². The summed E-state index contributed by atoms with van der Waals surface area (Å²) in [4.78, 5) is 7.93. The van der Waals surface area contributed by atoms with Crippen molar-refractivity contribution in [1.29, 1.82) is 0 Å². The molecule has 0 amide bonds. The van der Waals surface area contributed by atoms with Crippen molar-refractivity contribution in [2.45, 2.75) is 45.3 Å². The zero-order valence-corrected chi connectivity index (χ0v) is 11.8. The highest BCUT2D eigenvalue weighted by molar-refractivity contribution is 7.15. The van der Waals surface area contributed by atoms with Crippen molar-refractivity contribution >= 4 is 16.5 Å². The van der Waals surface area contributed by atoms with Gasteiger partial charge in [-0.3, -0.25) is 0 Å². The zero-order chi connectivity index (χ0) is 12.8. The molecule has 4 nitrogen and oxygen atoms in total. The van der Waals surface area contributed by atoms with Crippen LogP contribution in [0.25, 0.3) is 0 Å². The maximum Gasteiger partial charge on any atom is 0.185 e. The molecule has 1 aromatic heterocycles. The Labute approximate surface area is 113 Å². The maximum absolute atomic E-state index is 9.35. The van der Waals surface area contributed by atoms with Gasteiger partial charge in [-0.1, -0.05) is 30.6 Å². The van der Waals surface area contributed by atoms with Gasteiger partial charge in [0.2, 0.25) is 0 Å². The number of rotatable bonds is 4. The predicted molar refractivity (Wildman–Crippen MR) is 74.0 cm³/mol. The Morgan fingerprint density at radius 3 is 2.50 bits per heavy atom. The van der Waals surface area contributed by atoms with Gasteiger partial charge in [-0.05, 0) is 12.8 Å². The van der Waals surface area contributed by atoms with Crippen LogP contribution < -0.4 is 4.90 Å². The van der Waals surface area contributed by atoms with Crippen molar-refractivity contribution in [3.8, 4) is 0 Å². The standard InChI is InChI=1S/C13H22N2O2S/c1-17-10-11-12(9-16)18-13(14-11)15-7-5-3-2-4-6-8-15/h16H,2-10H2,1H3. The van der Waals surface area contributed by atoms with Crippen LogP contribution in [0, 0.1) is 0 Å². The molecule has 1 aromatic rings. The largest absolute Gasteiger partial charge is 0.391 e. The van der Waals surface area contributed by atoms with Crippen molar-refractivity contribution in [2.75, 3.05) is 25.1 Å². The molecule has 0 unspecified atom stereocenters. The lowest BCUT2D eigenvalue weighted by atomic mass is 10.1. The average Bonchev–Trinajstić information content (AvgIpc) is 2.72. The molecular weight excluding hydrogens is 248 g/mol. The molecule has 1 fully saturated rings. The lowest BCUT2D eigenvalue weighted by Gasteiger charge is -2.23. The van der Waals surface area contributed by atoms with Gasteiger partial charge in [-0.25, -0.2) is 4.98 Å². The molecule has 1 aliphatic rings. The van der Waals surface area contributed by atoms with Crippen molar-refractivity contribution < 1.29 is 9.84 Å². The van der Waals surface area contributed by atoms with E-state index in [0.29, 0.717) is 6.61 Å². The number of thiazole rings is 1. The van der Waals surface area contributed by atoms with Gasteiger partial charge in [-0.15, -0.1) is 0 Å². The maximum atomic E-state index is 9.35. The number of ether oxygens (including phenoxy) is 1. The fourth-order valence-electron chi connectivity index (χ4n) is 2.32. The predicted octanol–water partition coefficient (Wildman–Crippen LogP) is 2.55. The molecule has 1 saturated heterocycles. The lowest BCUT2D eigenvalue weighted by molar-refractivity contribution is 0.179. The van der Waals surface area contributed by atoms with Crippen LogP contribution >= 0.6 is 11.3 Å². The van der Waals surface area contributed by atoms with Gasteiger partial charge in [0.05, 0.1) is 23.8 Å². The number of aliphatic hydroxyl groups is 1. The molecule has 0 atom stereocenters. The van der Waals surface area contributed by atoms with Gasteiger partial charge < -0.3 is 14.7 Å². The summed E-state index contributed by atoms with van der Waals surface area (Å²) in [6.07, 6.45) is 6.49. The zero-order valence-electron chi connectivity index (χ0n) is 11.0. The van der Waals surface area contributed by atoms with Crippen LogP contribution in [-0.4, -0.2) is 30.3 Å². The summed E-state index contributed by atoms with van der Waals surface area (Å²) in [5.41, 5.74) is 0.891. The van der Waals surface area contributed by atoms with E-state index in [0.717, 1.165) is 28.8 Å². The second-order valence-electron chi connectivity index (χ2n) is 4.71. The van der Waals surface area contributed by atoms with Gasteiger partial charge in [0, 0.05) is 20.2 Å². The van der Waals surface area contributed by atoms with E-state index >= 15 is 0 Å². The first-order valence-electron chi connectivity index (χ1n) is 6.68. The quantitative estimate of drug-likeness (QED) is 0.913. The lowest BCUT2D eigenvalue weighted by Crippen LogP contribution is -2.26. The van der Waals surface area contributed by atoms with Crippen molar-refractivity contribution in [2.24, 2.45) is 0 Å². The van der Waals surface area contributed by atoms with Crippen molar-refractivity contribution in [3.05, 3.63) is 10.6 Å². The molecule has 1 aliphatic heterocycles. The summed E-state index contributed by atoms with van der Waals surface area (Å²) in [5.74, 6) is 0. The molecule has 0 spiro atoms. The third-order valence-corrected chi connectivity index (χ3v) is 4.46. The van der Waals surface area contributed by atoms with Gasteiger partial charge in [0.25, 0.3) is 0 Å². The van der Waals surface area contributed by atoms with E-state index in [1.807, 2.05) is 0 Å². The van der Waals surface area contributed by atoms with E-state index in [4.69, 9.17) is 4.74 Å². The van der Waals surface area contributed by atoms with Crippen LogP contribution in [0.3, 0.4) is 0 Å². The minimum atomic E-state index is 0.0597. The summed E-state index contributed by atoms with van der Waals surface area (Å²) in [6, 6.07) is 0. The van der Waals surface area contributed by atoms with E-state index < -0.39 is 0 Å². The van der Waals surface area contributed by atoms with Crippen molar-refractivity contribution in [1.82, 2.24) is 4.98 Å². The third-order valence-electron chi connectivity index (χ3n) is 3.32. The minimum Gasteiger partial charge on any atom is -0.391 e. The molecule has 0 saturated carbocycles. The highest BCUT2D eigenvalue weighted by Crippen LogP contribution is 2.28. The summed E-state index contributed by atoms with van der Waals surface area (Å²) in [7, 11) is 1.66. The second-order valence-corrected chi connectivity index (χ2v) is 5.77. The van der Waals surface area contributed by atoms with Crippen LogP contribution in [0.1, 0.15) is 42.7 Å². The van der Waals surface area contributed by atoms with E-state index in [1.165, 1.54) is 32.1 Å². The summed E-state index contributed by atoms with van der Waals surface area (Å²) in [5, 5.41) is 10.4. The summed E-state index contributed by atoms with van der Waals surface area (Å²) >= 11 is 1.61. The first-order valence-corrected chi connectivity index (χ1v) is 7.50. The molecule has 1 N–H and O–H groups in total. The van der Waals surface area contributed by atoms with Gasteiger partial charge in [0.1, 0.15) is 0 Å². The molecule has 102 valence electrons. The Hall–Kier alpha value is -0.650. The van der Waals surface area contributed by atoms with Gasteiger partial charge in [0.15, 0.2) is 5.13 Å². The highest BCUT2D eigenvalue weighted by atomic mass is 32.1. The highest BCUT2D eigenvalue weighted by Gasteiger charge is 2.16. The van der Waals surface area contributed by atoms with E-state index in [9.17, 15) is 5.11 Å². The van der Waals surface area contributed by atoms with Crippen LogP contribution in [0.4, 0.5) is 5.13 Å². The van der Waals surface area contributed by atoms with Crippen LogP contribution in [0.5, 0.6) is 0 Å². The summed E-state index contributed by atoms with van der Waals surface area (Å²) < 4.78 is 5.13. The molecule has 18 heavy (non-hydrogen) atoms. The van der Waals surface area contributed by atoms with E-state index in [-0.39, 0.29) is 6.61 Å². The Morgan fingerprint density at radius 2 is 1.89 bits per heavy atom. The molecule has 2 heterocycles. The number of hydrogen-bond donors (Lipinski definition) is 1. The molecule has 2 rings (SSSR count). The van der Waals surface area contributed by atoms with Gasteiger partial charge in [-0.2, -0.15) is 0 Å². The number of anilines is 1. The normalized spacial score (nSPS) is 17.6. The Bertz CT molecular complexity index is 360. The number of aromatic nitrogens is 1. The van der Waals surface area contributed by atoms with Crippen LogP contribution in [-0.2, 0) is 18.0 Å². The fourth-order valence-corrected chi connectivity index (χ4v) is 3.29. The second kappa shape index (κ2) is 7.07. The number of aliphatic hydroxyl groups excluding tert-OH is 1. The molecule has 5 heteroatoms. The van der Waals surface area contributed by atoms with Gasteiger partial charge >= 0.3 is 0 Å². The smallest absolute Gasteiger partial charge is 0.185 e. The minimum absolute atomic E-state index is 0.0597. The monoisotopic (exact) mass is 270 g/mol. The topological polar surface area (TPSA) is 45.6 Å². The number of methoxy groups -OCH3 is 1. The number of nitrogens with zero attached hydrogens (tertiary/aromatic N) is 2. The van der Waals surface area contributed by atoms with Crippen molar-refractivity contribution in [3.63, 3.8) is 0 Å². The average molecular weight is 270 g/mol. The molecule has 0 aliphatic carbocycles. The fraction of sp³-hybridized carbons (Fsp3) is 0.769. The first-order chi connectivity index (χ1) is 8.85. The Balaban J connectivity index is 2.10. The van der Waals surface area contributed by atoms with Crippen LogP contribution in [0.2, 0.25) is 0 Å². The molecule has 0 bridgehead atoms. The first kappa shape index (κ1) is 13.8. The Kier molecular flexibility index (Phi) is 5.41. The summed E-state index contributed by atoms with van der Waals surface area (Å²) in [6.45, 7) is 2.72. The Morgan fingerprint density at radius 1 is 1.22 bits per heavy atom. The third kappa shape index (κ3) is 3.43. The molecule has 0 radical (unpaired) electrons. The van der Waals surface area contributed by atoms with E-state index in [2.05, 4.69) is 9.88 Å². The molecule has 0 aromatic carbocycles.